The Morgan fingerprint density at radius 1 is 1.35 bits per heavy atom. The average molecular weight is 296 g/mol. The van der Waals surface area contributed by atoms with Gasteiger partial charge in [-0.05, 0) is 43.0 Å². The highest BCUT2D eigenvalue weighted by Gasteiger charge is 2.08. The molecule has 0 amide bonds. The molecule has 0 radical (unpaired) electrons. The van der Waals surface area contributed by atoms with E-state index in [-0.39, 0.29) is 6.61 Å². The van der Waals surface area contributed by atoms with Gasteiger partial charge in [0.15, 0.2) is 0 Å². The number of rotatable bonds is 5. The van der Waals surface area contributed by atoms with Crippen LogP contribution in [0.2, 0.25) is 0 Å². The van der Waals surface area contributed by atoms with Gasteiger partial charge in [0.25, 0.3) is 0 Å². The van der Waals surface area contributed by atoms with E-state index in [0.29, 0.717) is 0 Å². The van der Waals surface area contributed by atoms with Gasteiger partial charge in [-0.1, -0.05) is 22.9 Å². The van der Waals surface area contributed by atoms with E-state index in [1.54, 1.807) is 0 Å². The molecule has 0 aliphatic heterocycles. The Morgan fingerprint density at radius 2 is 2.18 bits per heavy atom. The number of fused-ring (bicyclic) bond motifs is 1. The number of benzene rings is 1. The predicted octanol–water partition coefficient (Wildman–Crippen LogP) is 3.74. The molecule has 92 valence electrons. The molecule has 3 heteroatoms. The lowest BCUT2D eigenvalue weighted by Gasteiger charge is -2.02. The fourth-order valence-corrected chi connectivity index (χ4v) is 2.60. The van der Waals surface area contributed by atoms with E-state index in [9.17, 15) is 0 Å². The molecule has 1 heterocycles. The molecule has 0 fully saturated rings. The Labute approximate surface area is 110 Å². The molecular formula is C14H18BrNO. The Morgan fingerprint density at radius 3 is 2.88 bits per heavy atom. The van der Waals surface area contributed by atoms with Gasteiger partial charge in [-0.2, -0.15) is 0 Å². The third-order valence-corrected chi connectivity index (χ3v) is 3.49. The fourth-order valence-electron chi connectivity index (χ4n) is 2.24. The van der Waals surface area contributed by atoms with Crippen molar-refractivity contribution in [2.45, 2.75) is 32.7 Å². The van der Waals surface area contributed by atoms with Crippen LogP contribution in [0.1, 0.15) is 25.3 Å². The lowest BCUT2D eigenvalue weighted by Crippen LogP contribution is -1.93. The van der Waals surface area contributed by atoms with E-state index in [0.717, 1.165) is 30.3 Å². The molecule has 2 rings (SSSR count). The van der Waals surface area contributed by atoms with Crippen LogP contribution in [0.4, 0.5) is 0 Å². The number of hydrogen-bond donors (Lipinski definition) is 1. The molecule has 1 N–H and O–H groups in total. The second kappa shape index (κ2) is 5.69. The van der Waals surface area contributed by atoms with Crippen molar-refractivity contribution in [3.8, 4) is 0 Å². The lowest BCUT2D eigenvalue weighted by atomic mass is 10.1. The van der Waals surface area contributed by atoms with Crippen LogP contribution >= 0.6 is 15.9 Å². The van der Waals surface area contributed by atoms with E-state index in [4.69, 9.17) is 5.11 Å². The molecule has 0 saturated carbocycles. The highest BCUT2D eigenvalue weighted by Crippen LogP contribution is 2.26. The molecule has 0 atom stereocenters. The highest BCUT2D eigenvalue weighted by atomic mass is 79.9. The molecule has 0 saturated heterocycles. The summed E-state index contributed by atoms with van der Waals surface area (Å²) in [5.74, 6) is 0. The maximum atomic E-state index is 8.95. The Balaban J connectivity index is 2.46. The minimum atomic E-state index is 0.258. The van der Waals surface area contributed by atoms with Gasteiger partial charge in [0, 0.05) is 34.7 Å². The first-order valence-electron chi connectivity index (χ1n) is 6.14. The number of aryl methyl sites for hydroxylation is 2. The van der Waals surface area contributed by atoms with E-state index in [1.807, 2.05) is 0 Å². The summed E-state index contributed by atoms with van der Waals surface area (Å²) < 4.78 is 3.43. The van der Waals surface area contributed by atoms with Crippen molar-refractivity contribution < 1.29 is 5.11 Å². The SMILES string of the molecule is CCCn1cc(CCCO)c2cc(Br)ccc21. The van der Waals surface area contributed by atoms with Gasteiger partial charge in [-0.3, -0.25) is 0 Å². The van der Waals surface area contributed by atoms with Gasteiger partial charge < -0.3 is 9.67 Å². The van der Waals surface area contributed by atoms with Crippen LogP contribution in [0.3, 0.4) is 0 Å². The van der Waals surface area contributed by atoms with Crippen LogP contribution < -0.4 is 0 Å². The largest absolute Gasteiger partial charge is 0.396 e. The Hall–Kier alpha value is -0.800. The van der Waals surface area contributed by atoms with Gasteiger partial charge >= 0.3 is 0 Å². The Bertz CT molecular complexity index is 504. The first kappa shape index (κ1) is 12.7. The monoisotopic (exact) mass is 295 g/mol. The first-order valence-corrected chi connectivity index (χ1v) is 6.93. The third kappa shape index (κ3) is 2.72. The van der Waals surface area contributed by atoms with Crippen molar-refractivity contribution in [3.63, 3.8) is 0 Å². The van der Waals surface area contributed by atoms with Crippen molar-refractivity contribution in [2.24, 2.45) is 0 Å². The summed E-state index contributed by atoms with van der Waals surface area (Å²) in [5.41, 5.74) is 2.63. The van der Waals surface area contributed by atoms with Crippen LogP contribution in [0.15, 0.2) is 28.9 Å². The van der Waals surface area contributed by atoms with Crippen LogP contribution in [-0.4, -0.2) is 16.3 Å². The van der Waals surface area contributed by atoms with Crippen molar-refractivity contribution in [2.75, 3.05) is 6.61 Å². The first-order chi connectivity index (χ1) is 8.26. The summed E-state index contributed by atoms with van der Waals surface area (Å²) in [6.45, 7) is 3.50. The number of halogens is 1. The quantitative estimate of drug-likeness (QED) is 0.893. The van der Waals surface area contributed by atoms with E-state index >= 15 is 0 Å². The molecule has 1 aromatic heterocycles. The molecule has 1 aromatic carbocycles. The van der Waals surface area contributed by atoms with Gasteiger partial charge in [0.05, 0.1) is 0 Å². The number of aromatic nitrogens is 1. The predicted molar refractivity (Wildman–Crippen MR) is 75.3 cm³/mol. The van der Waals surface area contributed by atoms with Gasteiger partial charge in [0.2, 0.25) is 0 Å². The Kier molecular flexibility index (Phi) is 4.24. The third-order valence-electron chi connectivity index (χ3n) is 2.99. The summed E-state index contributed by atoms with van der Waals surface area (Å²) in [6.07, 6.45) is 5.15. The summed E-state index contributed by atoms with van der Waals surface area (Å²) in [4.78, 5) is 0. The second-order valence-corrected chi connectivity index (χ2v) is 5.25. The molecular weight excluding hydrogens is 278 g/mol. The molecule has 2 nitrogen and oxygen atoms in total. The zero-order valence-corrected chi connectivity index (χ0v) is 11.7. The maximum absolute atomic E-state index is 8.95. The minimum absolute atomic E-state index is 0.258. The summed E-state index contributed by atoms with van der Waals surface area (Å²) in [7, 11) is 0. The molecule has 17 heavy (non-hydrogen) atoms. The molecule has 0 bridgehead atoms. The normalized spacial score (nSPS) is 11.2. The van der Waals surface area contributed by atoms with Gasteiger partial charge in [-0.25, -0.2) is 0 Å². The second-order valence-electron chi connectivity index (χ2n) is 4.34. The summed E-state index contributed by atoms with van der Waals surface area (Å²) in [6, 6.07) is 6.43. The van der Waals surface area contributed by atoms with E-state index in [1.165, 1.54) is 16.5 Å². The summed E-state index contributed by atoms with van der Waals surface area (Å²) in [5, 5.41) is 10.3. The van der Waals surface area contributed by atoms with Gasteiger partial charge in [-0.15, -0.1) is 0 Å². The molecule has 0 unspecified atom stereocenters. The highest BCUT2D eigenvalue weighted by molar-refractivity contribution is 9.10. The average Bonchev–Trinajstić information content (AvgIpc) is 2.65. The summed E-state index contributed by atoms with van der Waals surface area (Å²) >= 11 is 3.52. The van der Waals surface area contributed by atoms with Crippen LogP contribution in [0, 0.1) is 0 Å². The van der Waals surface area contributed by atoms with Crippen molar-refractivity contribution >= 4 is 26.8 Å². The number of nitrogens with zero attached hydrogens (tertiary/aromatic N) is 1. The van der Waals surface area contributed by atoms with Gasteiger partial charge in [0.1, 0.15) is 0 Å². The number of aliphatic hydroxyl groups is 1. The number of hydrogen-bond acceptors (Lipinski definition) is 1. The molecule has 0 aliphatic rings. The van der Waals surface area contributed by atoms with Crippen LogP contribution in [0.25, 0.3) is 10.9 Å². The standard InChI is InChI=1S/C14H18BrNO/c1-2-7-16-10-11(4-3-8-17)13-9-12(15)5-6-14(13)16/h5-6,9-10,17H,2-4,7-8H2,1H3. The topological polar surface area (TPSA) is 25.2 Å². The molecule has 0 aliphatic carbocycles. The zero-order chi connectivity index (χ0) is 12.3. The number of aliphatic hydroxyl groups excluding tert-OH is 1. The zero-order valence-electron chi connectivity index (χ0n) is 10.1. The minimum Gasteiger partial charge on any atom is -0.396 e. The molecule has 0 spiro atoms. The lowest BCUT2D eigenvalue weighted by molar-refractivity contribution is 0.288. The van der Waals surface area contributed by atoms with E-state index in [2.05, 4.69) is 51.8 Å². The maximum Gasteiger partial charge on any atom is 0.0483 e. The van der Waals surface area contributed by atoms with Crippen molar-refractivity contribution in [1.29, 1.82) is 0 Å². The van der Waals surface area contributed by atoms with Crippen molar-refractivity contribution in [1.82, 2.24) is 4.57 Å². The van der Waals surface area contributed by atoms with Crippen molar-refractivity contribution in [3.05, 3.63) is 34.4 Å². The van der Waals surface area contributed by atoms with Crippen LogP contribution in [0.5, 0.6) is 0 Å². The molecule has 2 aromatic rings. The fraction of sp³-hybridized carbons (Fsp3) is 0.429. The van der Waals surface area contributed by atoms with E-state index < -0.39 is 0 Å². The van der Waals surface area contributed by atoms with Crippen LogP contribution in [-0.2, 0) is 13.0 Å². The smallest absolute Gasteiger partial charge is 0.0483 e.